The number of carbonyl (C=O) groups excluding carboxylic acids is 2. The molecule has 0 spiro atoms. The average molecular weight is 444 g/mol. The van der Waals surface area contributed by atoms with Gasteiger partial charge in [-0.1, -0.05) is 24.3 Å². The van der Waals surface area contributed by atoms with E-state index >= 15 is 0 Å². The Bertz CT molecular complexity index is 854. The van der Waals surface area contributed by atoms with Gasteiger partial charge in [-0.25, -0.2) is 4.79 Å². The molecule has 0 radical (unpaired) electrons. The zero-order chi connectivity index (χ0) is 23.3. The molecular weight excluding hydrogens is 410 g/mol. The minimum Gasteiger partial charge on any atom is -0.351 e. The second-order valence-electron chi connectivity index (χ2n) is 6.93. The molecule has 32 heavy (non-hydrogen) atoms. The lowest BCUT2D eigenvalue weighted by Crippen LogP contribution is -2.47. The van der Waals surface area contributed by atoms with E-state index in [1.54, 1.807) is 18.2 Å². The van der Waals surface area contributed by atoms with Crippen molar-refractivity contribution in [3.8, 4) is 0 Å². The topological polar surface area (TPSA) is 132 Å². The van der Waals surface area contributed by atoms with Gasteiger partial charge in [-0.15, -0.1) is 0 Å². The van der Waals surface area contributed by atoms with Crippen molar-refractivity contribution in [3.05, 3.63) is 59.7 Å². The normalized spacial score (nSPS) is 10.8. The summed E-state index contributed by atoms with van der Waals surface area (Å²) in [5.41, 5.74) is 14.4. The van der Waals surface area contributed by atoms with Crippen molar-refractivity contribution in [1.82, 2.24) is 5.32 Å². The fraction of sp³-hybridized carbons (Fsp3) is 0.391. The van der Waals surface area contributed by atoms with Crippen LogP contribution in [0.3, 0.4) is 0 Å². The molecule has 0 aliphatic heterocycles. The third-order valence-corrected chi connectivity index (χ3v) is 4.61. The first-order chi connectivity index (χ1) is 15.5. The summed E-state index contributed by atoms with van der Waals surface area (Å²) in [6.07, 6.45) is -0.604. The van der Waals surface area contributed by atoms with Gasteiger partial charge in [-0.2, -0.15) is 0 Å². The van der Waals surface area contributed by atoms with Gasteiger partial charge < -0.3 is 31.6 Å². The minimum atomic E-state index is -0.604. The lowest BCUT2D eigenvalue weighted by molar-refractivity contribution is -0.128. The van der Waals surface area contributed by atoms with Gasteiger partial charge in [0.1, 0.15) is 0 Å². The van der Waals surface area contributed by atoms with Crippen LogP contribution in [0.5, 0.6) is 0 Å². The second-order valence-corrected chi connectivity index (χ2v) is 6.93. The van der Waals surface area contributed by atoms with Crippen molar-refractivity contribution in [2.45, 2.75) is 33.2 Å². The van der Waals surface area contributed by atoms with Crippen molar-refractivity contribution < 1.29 is 19.1 Å². The van der Waals surface area contributed by atoms with Gasteiger partial charge in [0, 0.05) is 37.7 Å². The Labute approximate surface area is 189 Å². The lowest BCUT2D eigenvalue weighted by Gasteiger charge is -2.28. The van der Waals surface area contributed by atoms with Crippen molar-refractivity contribution in [2.75, 3.05) is 36.5 Å². The van der Waals surface area contributed by atoms with Crippen LogP contribution in [-0.4, -0.2) is 44.5 Å². The molecule has 0 bridgehead atoms. The first kappa shape index (κ1) is 25.3. The van der Waals surface area contributed by atoms with E-state index in [1.807, 2.05) is 44.2 Å². The van der Waals surface area contributed by atoms with Crippen LogP contribution in [0.1, 0.15) is 25.0 Å². The molecule has 0 atom stereocenters. The molecule has 0 aliphatic carbocycles. The zero-order valence-corrected chi connectivity index (χ0v) is 18.7. The van der Waals surface area contributed by atoms with Crippen LogP contribution in [0.15, 0.2) is 48.5 Å². The Kier molecular flexibility index (Phi) is 10.6. The predicted octanol–water partition coefficient (Wildman–Crippen LogP) is 2.16. The maximum absolute atomic E-state index is 13.0. The number of anilines is 2. The summed E-state index contributed by atoms with van der Waals surface area (Å²) in [5.74, 6) is -0.347. The third kappa shape index (κ3) is 7.93. The SMILES string of the molecule is CCOC(CN(C(=O)NCC(=O)Nc1ccc(CN)cc1)c1cccc(CN)c1)OCC. The Morgan fingerprint density at radius 2 is 1.62 bits per heavy atom. The van der Waals surface area contributed by atoms with Crippen LogP contribution in [0.2, 0.25) is 0 Å². The summed E-state index contributed by atoms with van der Waals surface area (Å²) >= 11 is 0. The number of ether oxygens (including phenoxy) is 2. The number of amides is 3. The molecule has 0 saturated heterocycles. The van der Waals surface area contributed by atoms with E-state index in [4.69, 9.17) is 20.9 Å². The van der Waals surface area contributed by atoms with Crippen LogP contribution in [-0.2, 0) is 27.4 Å². The summed E-state index contributed by atoms with van der Waals surface area (Å²) < 4.78 is 11.2. The highest BCUT2D eigenvalue weighted by Crippen LogP contribution is 2.18. The fourth-order valence-corrected chi connectivity index (χ4v) is 3.01. The van der Waals surface area contributed by atoms with Crippen LogP contribution < -0.4 is 27.0 Å². The Morgan fingerprint density at radius 3 is 2.22 bits per heavy atom. The quantitative estimate of drug-likeness (QED) is 0.372. The first-order valence-corrected chi connectivity index (χ1v) is 10.7. The number of benzene rings is 2. The van der Waals surface area contributed by atoms with Gasteiger partial charge in [0.05, 0.1) is 13.1 Å². The molecular formula is C23H33N5O4. The van der Waals surface area contributed by atoms with Gasteiger partial charge in [-0.05, 0) is 49.2 Å². The van der Waals surface area contributed by atoms with Gasteiger partial charge in [-0.3, -0.25) is 9.69 Å². The molecule has 0 saturated carbocycles. The van der Waals surface area contributed by atoms with Gasteiger partial charge in [0.15, 0.2) is 6.29 Å². The highest BCUT2D eigenvalue weighted by Gasteiger charge is 2.22. The first-order valence-electron chi connectivity index (χ1n) is 10.7. The summed E-state index contributed by atoms with van der Waals surface area (Å²) in [7, 11) is 0. The molecule has 0 aliphatic rings. The second kappa shape index (κ2) is 13.4. The lowest BCUT2D eigenvalue weighted by atomic mass is 10.2. The van der Waals surface area contributed by atoms with Crippen LogP contribution >= 0.6 is 0 Å². The average Bonchev–Trinajstić information content (AvgIpc) is 2.81. The number of nitrogens with two attached hydrogens (primary N) is 2. The predicted molar refractivity (Wildman–Crippen MR) is 125 cm³/mol. The molecule has 0 fully saturated rings. The van der Waals surface area contributed by atoms with Crippen molar-refractivity contribution >= 4 is 23.3 Å². The Balaban J connectivity index is 2.07. The summed E-state index contributed by atoms with van der Waals surface area (Å²) in [6, 6.07) is 14.1. The number of hydrogen-bond acceptors (Lipinski definition) is 6. The molecule has 9 nitrogen and oxygen atoms in total. The molecule has 6 N–H and O–H groups in total. The zero-order valence-electron chi connectivity index (χ0n) is 18.7. The monoisotopic (exact) mass is 443 g/mol. The number of carbonyl (C=O) groups is 2. The van der Waals surface area contributed by atoms with E-state index in [-0.39, 0.29) is 19.0 Å². The molecule has 9 heteroatoms. The van der Waals surface area contributed by atoms with E-state index in [0.29, 0.717) is 37.7 Å². The molecule has 2 aromatic carbocycles. The van der Waals surface area contributed by atoms with Crippen molar-refractivity contribution in [3.63, 3.8) is 0 Å². The van der Waals surface area contributed by atoms with Crippen LogP contribution in [0, 0.1) is 0 Å². The number of nitrogens with one attached hydrogen (secondary N) is 2. The smallest absolute Gasteiger partial charge is 0.322 e. The molecule has 2 rings (SSSR count). The fourth-order valence-electron chi connectivity index (χ4n) is 3.01. The van der Waals surface area contributed by atoms with E-state index in [0.717, 1.165) is 11.1 Å². The van der Waals surface area contributed by atoms with Gasteiger partial charge in [0.25, 0.3) is 0 Å². The molecule has 0 heterocycles. The van der Waals surface area contributed by atoms with Crippen molar-refractivity contribution in [2.24, 2.45) is 11.5 Å². The number of urea groups is 1. The maximum Gasteiger partial charge on any atom is 0.322 e. The van der Waals surface area contributed by atoms with E-state index < -0.39 is 12.3 Å². The summed E-state index contributed by atoms with van der Waals surface area (Å²) in [4.78, 5) is 26.8. The number of hydrogen-bond donors (Lipinski definition) is 4. The standard InChI is InChI=1S/C23H33N5O4/c1-3-31-22(32-4-2)16-28(20-7-5-6-18(12-20)14-25)23(30)26-15-21(29)27-19-10-8-17(13-24)9-11-19/h5-12,22H,3-4,13-16,24-25H2,1-2H3,(H,26,30)(H,27,29). The van der Waals surface area contributed by atoms with Crippen LogP contribution in [0.4, 0.5) is 16.2 Å². The summed E-state index contributed by atoms with van der Waals surface area (Å²) in [6.45, 7) is 5.32. The van der Waals surface area contributed by atoms with E-state index in [1.165, 1.54) is 4.90 Å². The largest absolute Gasteiger partial charge is 0.351 e. The summed E-state index contributed by atoms with van der Waals surface area (Å²) in [5, 5.41) is 5.41. The molecule has 174 valence electrons. The molecule has 0 unspecified atom stereocenters. The third-order valence-electron chi connectivity index (χ3n) is 4.61. The molecule has 2 aromatic rings. The number of rotatable bonds is 12. The Hall–Kier alpha value is -2.98. The highest BCUT2D eigenvalue weighted by atomic mass is 16.7. The van der Waals surface area contributed by atoms with Crippen LogP contribution in [0.25, 0.3) is 0 Å². The highest BCUT2D eigenvalue weighted by molar-refractivity contribution is 5.98. The molecule has 3 amide bonds. The van der Waals surface area contributed by atoms with Gasteiger partial charge >= 0.3 is 6.03 Å². The minimum absolute atomic E-state index is 0.156. The maximum atomic E-state index is 13.0. The van der Waals surface area contributed by atoms with Crippen molar-refractivity contribution in [1.29, 1.82) is 0 Å². The van der Waals surface area contributed by atoms with E-state index in [2.05, 4.69) is 10.6 Å². The Morgan fingerprint density at radius 1 is 0.969 bits per heavy atom. The van der Waals surface area contributed by atoms with E-state index in [9.17, 15) is 9.59 Å². The van der Waals surface area contributed by atoms with Gasteiger partial charge in [0.2, 0.25) is 5.91 Å². The number of nitrogens with zero attached hydrogens (tertiary/aromatic N) is 1. The molecule has 0 aromatic heterocycles.